The fourth-order valence-corrected chi connectivity index (χ4v) is 2.50. The average Bonchev–Trinajstić information content (AvgIpc) is 2.28. The Balaban J connectivity index is 2.60. The minimum atomic E-state index is -0.326. The van der Waals surface area contributed by atoms with Crippen LogP contribution in [0.5, 0.6) is 0 Å². The number of rotatable bonds is 5. The number of ether oxygens (including phenoxy) is 1. The summed E-state index contributed by atoms with van der Waals surface area (Å²) >= 11 is 7.17. The molecule has 0 heterocycles. The number of hydrogen-bond donors (Lipinski definition) is 1. The van der Waals surface area contributed by atoms with Crippen LogP contribution in [0.2, 0.25) is 5.02 Å². The SMILES string of the molecule is COC[C@H](C)N=C(N)SCc1c(F)cccc1Cl. The van der Waals surface area contributed by atoms with E-state index in [-0.39, 0.29) is 11.9 Å². The molecule has 100 valence electrons. The molecule has 0 aliphatic carbocycles. The van der Waals surface area contributed by atoms with Gasteiger partial charge < -0.3 is 10.5 Å². The summed E-state index contributed by atoms with van der Waals surface area (Å²) < 4.78 is 18.4. The van der Waals surface area contributed by atoms with E-state index in [0.717, 1.165) is 0 Å². The summed E-state index contributed by atoms with van der Waals surface area (Å²) in [6.45, 7) is 2.40. The number of methoxy groups -OCH3 is 1. The van der Waals surface area contributed by atoms with Crippen LogP contribution in [-0.2, 0) is 10.5 Å². The monoisotopic (exact) mass is 290 g/mol. The Morgan fingerprint density at radius 1 is 1.61 bits per heavy atom. The minimum Gasteiger partial charge on any atom is -0.382 e. The van der Waals surface area contributed by atoms with Gasteiger partial charge in [-0.1, -0.05) is 29.4 Å². The van der Waals surface area contributed by atoms with Gasteiger partial charge in [-0.05, 0) is 19.1 Å². The molecule has 2 N–H and O–H groups in total. The van der Waals surface area contributed by atoms with Gasteiger partial charge in [-0.15, -0.1) is 0 Å². The zero-order valence-electron chi connectivity index (χ0n) is 10.3. The lowest BCUT2D eigenvalue weighted by Gasteiger charge is -2.08. The van der Waals surface area contributed by atoms with Gasteiger partial charge in [0.25, 0.3) is 0 Å². The van der Waals surface area contributed by atoms with Crippen molar-refractivity contribution < 1.29 is 9.13 Å². The maximum Gasteiger partial charge on any atom is 0.154 e. The number of aliphatic imine (C=N–C) groups is 1. The van der Waals surface area contributed by atoms with Crippen LogP contribution in [-0.4, -0.2) is 24.9 Å². The Morgan fingerprint density at radius 2 is 2.33 bits per heavy atom. The quantitative estimate of drug-likeness (QED) is 0.670. The summed E-state index contributed by atoms with van der Waals surface area (Å²) in [5.41, 5.74) is 6.19. The maximum atomic E-state index is 13.5. The van der Waals surface area contributed by atoms with Crippen molar-refractivity contribution in [1.29, 1.82) is 0 Å². The van der Waals surface area contributed by atoms with Crippen molar-refractivity contribution in [2.24, 2.45) is 10.7 Å². The molecular weight excluding hydrogens is 275 g/mol. The highest BCUT2D eigenvalue weighted by molar-refractivity contribution is 8.13. The van der Waals surface area contributed by atoms with Crippen LogP contribution in [0.15, 0.2) is 23.2 Å². The van der Waals surface area contributed by atoms with Gasteiger partial charge in [-0.25, -0.2) is 4.39 Å². The van der Waals surface area contributed by atoms with Gasteiger partial charge in [0.15, 0.2) is 5.17 Å². The normalized spacial score (nSPS) is 13.7. The Bertz CT molecular complexity index is 408. The van der Waals surface area contributed by atoms with Crippen LogP contribution in [0.4, 0.5) is 4.39 Å². The number of hydrogen-bond acceptors (Lipinski definition) is 3. The number of thioether (sulfide) groups is 1. The molecule has 0 amide bonds. The summed E-state index contributed by atoms with van der Waals surface area (Å²) in [6, 6.07) is 4.59. The minimum absolute atomic E-state index is 0.0152. The first-order chi connectivity index (χ1) is 8.54. The second-order valence-electron chi connectivity index (χ2n) is 3.76. The largest absolute Gasteiger partial charge is 0.382 e. The molecule has 1 aromatic rings. The molecule has 18 heavy (non-hydrogen) atoms. The highest BCUT2D eigenvalue weighted by Crippen LogP contribution is 2.23. The number of nitrogens with two attached hydrogens (primary N) is 1. The summed E-state index contributed by atoms with van der Waals surface area (Å²) in [4.78, 5) is 4.21. The smallest absolute Gasteiger partial charge is 0.154 e. The van der Waals surface area contributed by atoms with E-state index in [9.17, 15) is 4.39 Å². The van der Waals surface area contributed by atoms with Crippen molar-refractivity contribution in [3.8, 4) is 0 Å². The molecule has 0 radical (unpaired) electrons. The summed E-state index contributed by atoms with van der Waals surface area (Å²) in [6.07, 6.45) is 0. The lowest BCUT2D eigenvalue weighted by atomic mass is 10.2. The number of amidine groups is 1. The molecule has 1 rings (SSSR count). The van der Waals surface area contributed by atoms with Gasteiger partial charge in [0.1, 0.15) is 5.82 Å². The van der Waals surface area contributed by atoms with E-state index < -0.39 is 0 Å². The fourth-order valence-electron chi connectivity index (χ4n) is 1.35. The topological polar surface area (TPSA) is 47.6 Å². The second kappa shape index (κ2) is 7.61. The van der Waals surface area contributed by atoms with E-state index in [2.05, 4.69) is 4.99 Å². The Labute approximate surface area is 116 Å². The molecule has 3 nitrogen and oxygen atoms in total. The highest BCUT2D eigenvalue weighted by Gasteiger charge is 2.08. The van der Waals surface area contributed by atoms with Gasteiger partial charge in [0.05, 0.1) is 12.6 Å². The van der Waals surface area contributed by atoms with Crippen LogP contribution >= 0.6 is 23.4 Å². The Hall–Kier alpha value is -0.780. The van der Waals surface area contributed by atoms with Crippen molar-refractivity contribution >= 4 is 28.5 Å². The highest BCUT2D eigenvalue weighted by atomic mass is 35.5. The molecule has 0 unspecified atom stereocenters. The van der Waals surface area contributed by atoms with Crippen molar-refractivity contribution in [3.05, 3.63) is 34.6 Å². The van der Waals surface area contributed by atoms with Crippen molar-refractivity contribution in [2.75, 3.05) is 13.7 Å². The van der Waals surface area contributed by atoms with E-state index in [4.69, 9.17) is 22.1 Å². The molecule has 0 saturated heterocycles. The summed E-state index contributed by atoms with van der Waals surface area (Å²) in [5, 5.41) is 0.805. The zero-order chi connectivity index (χ0) is 13.5. The van der Waals surface area contributed by atoms with E-state index in [1.807, 2.05) is 6.92 Å². The standard InChI is InChI=1S/C12H16ClFN2OS/c1-8(6-17-2)16-12(15)18-7-9-10(13)4-3-5-11(9)14/h3-5,8H,6-7H2,1-2H3,(H2,15,16)/t8-/m0/s1. The number of benzene rings is 1. The third kappa shape index (κ3) is 4.84. The van der Waals surface area contributed by atoms with E-state index in [0.29, 0.717) is 28.1 Å². The zero-order valence-corrected chi connectivity index (χ0v) is 11.9. The third-order valence-electron chi connectivity index (χ3n) is 2.18. The molecule has 0 fully saturated rings. The molecule has 0 bridgehead atoms. The molecular formula is C12H16ClFN2OS. The van der Waals surface area contributed by atoms with Crippen LogP contribution in [0.25, 0.3) is 0 Å². The van der Waals surface area contributed by atoms with Crippen LogP contribution in [0.3, 0.4) is 0 Å². The second-order valence-corrected chi connectivity index (χ2v) is 5.16. The van der Waals surface area contributed by atoms with Crippen LogP contribution in [0, 0.1) is 5.82 Å². The fraction of sp³-hybridized carbons (Fsp3) is 0.417. The van der Waals surface area contributed by atoms with Crippen molar-refractivity contribution in [3.63, 3.8) is 0 Å². The molecule has 0 spiro atoms. The molecule has 0 aromatic heterocycles. The lowest BCUT2D eigenvalue weighted by molar-refractivity contribution is 0.186. The van der Waals surface area contributed by atoms with Crippen LogP contribution < -0.4 is 5.73 Å². The van der Waals surface area contributed by atoms with E-state index in [1.165, 1.54) is 17.8 Å². The predicted octanol–water partition coefficient (Wildman–Crippen LogP) is 3.06. The molecule has 0 saturated carbocycles. The van der Waals surface area contributed by atoms with Crippen LogP contribution in [0.1, 0.15) is 12.5 Å². The number of nitrogens with zero attached hydrogens (tertiary/aromatic N) is 1. The third-order valence-corrected chi connectivity index (χ3v) is 3.37. The van der Waals surface area contributed by atoms with Crippen molar-refractivity contribution in [2.45, 2.75) is 18.7 Å². The van der Waals surface area contributed by atoms with Gasteiger partial charge in [0.2, 0.25) is 0 Å². The molecule has 6 heteroatoms. The Kier molecular flexibility index (Phi) is 6.46. The average molecular weight is 291 g/mol. The molecule has 1 atom stereocenters. The van der Waals surface area contributed by atoms with E-state index >= 15 is 0 Å². The molecule has 1 aromatic carbocycles. The Morgan fingerprint density at radius 3 is 2.94 bits per heavy atom. The van der Waals surface area contributed by atoms with E-state index in [1.54, 1.807) is 19.2 Å². The maximum absolute atomic E-state index is 13.5. The first kappa shape index (κ1) is 15.3. The van der Waals surface area contributed by atoms with Gasteiger partial charge in [-0.2, -0.15) is 0 Å². The summed E-state index contributed by atoms with van der Waals surface area (Å²) in [5.74, 6) is 0.0355. The predicted molar refractivity (Wildman–Crippen MR) is 75.7 cm³/mol. The summed E-state index contributed by atoms with van der Waals surface area (Å²) in [7, 11) is 1.61. The first-order valence-corrected chi connectivity index (χ1v) is 6.78. The number of halogens is 2. The molecule has 0 aliphatic rings. The lowest BCUT2D eigenvalue weighted by Crippen LogP contribution is -2.15. The van der Waals surface area contributed by atoms with Gasteiger partial charge in [0, 0.05) is 23.4 Å². The van der Waals surface area contributed by atoms with Crippen molar-refractivity contribution in [1.82, 2.24) is 0 Å². The molecule has 0 aliphatic heterocycles. The van der Waals surface area contributed by atoms with Gasteiger partial charge >= 0.3 is 0 Å². The van der Waals surface area contributed by atoms with Gasteiger partial charge in [-0.3, -0.25) is 4.99 Å². The first-order valence-electron chi connectivity index (χ1n) is 5.42.